The van der Waals surface area contributed by atoms with E-state index in [-0.39, 0.29) is 24.4 Å². The predicted molar refractivity (Wildman–Crippen MR) is 74.6 cm³/mol. The zero-order valence-corrected chi connectivity index (χ0v) is 11.3. The van der Waals surface area contributed by atoms with Crippen molar-refractivity contribution in [3.8, 4) is 0 Å². The predicted octanol–water partition coefficient (Wildman–Crippen LogP) is -0.0107. The Bertz CT molecular complexity index is 736. The molecule has 0 aliphatic carbocycles. The van der Waals surface area contributed by atoms with E-state index in [9.17, 15) is 14.4 Å². The van der Waals surface area contributed by atoms with E-state index in [1.165, 1.54) is 4.57 Å². The van der Waals surface area contributed by atoms with Crippen molar-refractivity contribution in [2.24, 2.45) is 0 Å². The topological polar surface area (TPSA) is 93.3 Å². The van der Waals surface area contributed by atoms with Crippen LogP contribution < -0.4 is 16.4 Å². The molecule has 0 radical (unpaired) electrons. The number of hydrogen-bond donors (Lipinski definition) is 2. The van der Waals surface area contributed by atoms with Crippen molar-refractivity contribution in [2.45, 2.75) is 25.4 Å². The molecule has 2 aromatic rings. The van der Waals surface area contributed by atoms with E-state index in [0.717, 1.165) is 0 Å². The number of rotatable bonds is 3. The number of hydrogen-bond acceptors (Lipinski definition) is 4. The maximum absolute atomic E-state index is 12.0. The number of aromatic nitrogens is 1. The molecule has 1 saturated heterocycles. The minimum absolute atomic E-state index is 0.00227. The Morgan fingerprint density at radius 3 is 2.95 bits per heavy atom. The van der Waals surface area contributed by atoms with Crippen LogP contribution in [0.5, 0.6) is 0 Å². The smallest absolute Gasteiger partial charge is 0.408 e. The lowest BCUT2D eigenvalue weighted by Gasteiger charge is -2.23. The maximum Gasteiger partial charge on any atom is 0.420 e. The van der Waals surface area contributed by atoms with Gasteiger partial charge in [0.1, 0.15) is 6.54 Å². The first kappa shape index (κ1) is 13.4. The molecule has 0 spiro atoms. The summed E-state index contributed by atoms with van der Waals surface area (Å²) in [5.74, 6) is -0.828. The monoisotopic (exact) mass is 289 g/mol. The summed E-state index contributed by atoms with van der Waals surface area (Å²) in [6.45, 7) is 0.325. The molecule has 1 atom stereocenters. The van der Waals surface area contributed by atoms with Gasteiger partial charge in [0.25, 0.3) is 0 Å². The summed E-state index contributed by atoms with van der Waals surface area (Å²) in [5.41, 5.74) is 1.05. The molecular formula is C14H15N3O4. The highest BCUT2D eigenvalue weighted by Gasteiger charge is 2.20. The fraction of sp³-hybridized carbons (Fsp3) is 0.357. The molecule has 21 heavy (non-hydrogen) atoms. The van der Waals surface area contributed by atoms with Crippen LogP contribution in [0.4, 0.5) is 0 Å². The van der Waals surface area contributed by atoms with Crippen LogP contribution in [0.3, 0.4) is 0 Å². The van der Waals surface area contributed by atoms with Crippen LogP contribution in [0.1, 0.15) is 12.8 Å². The Kier molecular flexibility index (Phi) is 3.47. The molecule has 1 unspecified atom stereocenters. The minimum atomic E-state index is -0.553. The summed E-state index contributed by atoms with van der Waals surface area (Å²) in [7, 11) is 0. The van der Waals surface area contributed by atoms with Gasteiger partial charge in [-0.25, -0.2) is 4.79 Å². The van der Waals surface area contributed by atoms with Crippen molar-refractivity contribution >= 4 is 22.9 Å². The van der Waals surface area contributed by atoms with Gasteiger partial charge in [-0.3, -0.25) is 14.2 Å². The van der Waals surface area contributed by atoms with Gasteiger partial charge in [0, 0.05) is 19.0 Å². The first-order valence-electron chi connectivity index (χ1n) is 6.78. The first-order valence-corrected chi connectivity index (χ1v) is 6.78. The number of oxazole rings is 1. The number of para-hydroxylation sites is 2. The maximum atomic E-state index is 12.0. The molecule has 2 amide bonds. The summed E-state index contributed by atoms with van der Waals surface area (Å²) in [6.07, 6.45) is 1.01. The first-order chi connectivity index (χ1) is 10.1. The lowest BCUT2D eigenvalue weighted by molar-refractivity contribution is -0.126. The summed E-state index contributed by atoms with van der Waals surface area (Å²) in [4.78, 5) is 34.9. The van der Waals surface area contributed by atoms with E-state index in [2.05, 4.69) is 10.6 Å². The largest absolute Gasteiger partial charge is 0.420 e. The van der Waals surface area contributed by atoms with Gasteiger partial charge in [0.2, 0.25) is 11.8 Å². The zero-order valence-electron chi connectivity index (χ0n) is 11.3. The van der Waals surface area contributed by atoms with Crippen molar-refractivity contribution in [2.75, 3.05) is 6.54 Å². The summed E-state index contributed by atoms with van der Waals surface area (Å²) in [5, 5.41) is 5.51. The second-order valence-electron chi connectivity index (χ2n) is 5.03. The molecular weight excluding hydrogens is 274 g/mol. The Hall–Kier alpha value is -2.57. The lowest BCUT2D eigenvalue weighted by atomic mass is 10.1. The van der Waals surface area contributed by atoms with Crippen molar-refractivity contribution < 1.29 is 14.0 Å². The highest BCUT2D eigenvalue weighted by molar-refractivity contribution is 5.80. The quantitative estimate of drug-likeness (QED) is 0.831. The summed E-state index contributed by atoms with van der Waals surface area (Å²) in [6, 6.07) is 6.86. The van der Waals surface area contributed by atoms with E-state index in [1.807, 2.05) is 0 Å². The van der Waals surface area contributed by atoms with Gasteiger partial charge in [0.05, 0.1) is 5.52 Å². The van der Waals surface area contributed by atoms with Crippen molar-refractivity contribution in [1.82, 2.24) is 15.2 Å². The molecule has 3 rings (SSSR count). The van der Waals surface area contributed by atoms with Gasteiger partial charge in [-0.2, -0.15) is 0 Å². The van der Waals surface area contributed by atoms with E-state index in [0.29, 0.717) is 30.5 Å². The number of piperidine rings is 1. The summed E-state index contributed by atoms with van der Waals surface area (Å²) >= 11 is 0. The van der Waals surface area contributed by atoms with Crippen molar-refractivity contribution in [3.63, 3.8) is 0 Å². The van der Waals surface area contributed by atoms with Gasteiger partial charge >= 0.3 is 5.76 Å². The van der Waals surface area contributed by atoms with Gasteiger partial charge in [-0.05, 0) is 18.6 Å². The van der Waals surface area contributed by atoms with Crippen LogP contribution in [0.15, 0.2) is 33.5 Å². The number of carbonyl (C=O) groups excluding carboxylic acids is 2. The van der Waals surface area contributed by atoms with Crippen molar-refractivity contribution in [3.05, 3.63) is 34.8 Å². The number of benzene rings is 1. The molecule has 1 aromatic carbocycles. The average Bonchev–Trinajstić information content (AvgIpc) is 2.78. The van der Waals surface area contributed by atoms with Crippen LogP contribution in [0.25, 0.3) is 11.1 Å². The Morgan fingerprint density at radius 2 is 2.19 bits per heavy atom. The molecule has 7 nitrogen and oxygen atoms in total. The molecule has 0 saturated carbocycles. The number of carbonyl (C=O) groups is 2. The van der Waals surface area contributed by atoms with Gasteiger partial charge < -0.3 is 15.1 Å². The number of amides is 2. The van der Waals surface area contributed by atoms with E-state index >= 15 is 0 Å². The fourth-order valence-electron chi connectivity index (χ4n) is 2.44. The lowest BCUT2D eigenvalue weighted by Crippen LogP contribution is -2.48. The highest BCUT2D eigenvalue weighted by Crippen LogP contribution is 2.11. The van der Waals surface area contributed by atoms with E-state index < -0.39 is 5.76 Å². The van der Waals surface area contributed by atoms with E-state index in [1.54, 1.807) is 24.3 Å². The van der Waals surface area contributed by atoms with E-state index in [4.69, 9.17) is 4.42 Å². The third-order valence-corrected chi connectivity index (χ3v) is 3.51. The van der Waals surface area contributed by atoms with Crippen LogP contribution in [-0.2, 0) is 16.1 Å². The normalized spacial score (nSPS) is 18.5. The molecule has 110 valence electrons. The van der Waals surface area contributed by atoms with Gasteiger partial charge in [-0.1, -0.05) is 12.1 Å². The molecule has 0 bridgehead atoms. The Balaban J connectivity index is 1.70. The Morgan fingerprint density at radius 1 is 1.38 bits per heavy atom. The second-order valence-corrected chi connectivity index (χ2v) is 5.03. The molecule has 2 heterocycles. The second kappa shape index (κ2) is 5.43. The van der Waals surface area contributed by atoms with Crippen LogP contribution in [-0.4, -0.2) is 29.0 Å². The van der Waals surface area contributed by atoms with Crippen LogP contribution >= 0.6 is 0 Å². The Labute approximate surface area is 119 Å². The third-order valence-electron chi connectivity index (χ3n) is 3.51. The highest BCUT2D eigenvalue weighted by atomic mass is 16.4. The number of nitrogens with one attached hydrogen (secondary N) is 2. The molecule has 7 heteroatoms. The fourth-order valence-corrected chi connectivity index (χ4v) is 2.44. The standard InChI is InChI=1S/C14H15N3O4/c18-12-6-5-9(7-15-12)16-13(19)8-17-10-3-1-2-4-11(10)21-14(17)20/h1-4,9H,5-8H2,(H,15,18)(H,16,19). The third kappa shape index (κ3) is 2.81. The summed E-state index contributed by atoms with van der Waals surface area (Å²) < 4.78 is 6.37. The molecule has 1 aliphatic heterocycles. The van der Waals surface area contributed by atoms with Gasteiger partial charge in [0.15, 0.2) is 5.58 Å². The molecule has 1 fully saturated rings. The van der Waals surface area contributed by atoms with Crippen LogP contribution in [0.2, 0.25) is 0 Å². The SMILES string of the molecule is O=C1CCC(NC(=O)Cn2c(=O)oc3ccccc32)CN1. The molecule has 2 N–H and O–H groups in total. The zero-order chi connectivity index (χ0) is 14.8. The van der Waals surface area contributed by atoms with Gasteiger partial charge in [-0.15, -0.1) is 0 Å². The molecule has 1 aromatic heterocycles. The van der Waals surface area contributed by atoms with Crippen LogP contribution in [0, 0.1) is 0 Å². The number of nitrogens with zero attached hydrogens (tertiary/aromatic N) is 1. The average molecular weight is 289 g/mol. The molecule has 1 aliphatic rings. The number of fused-ring (bicyclic) bond motifs is 1. The minimum Gasteiger partial charge on any atom is -0.408 e. The van der Waals surface area contributed by atoms with Crippen molar-refractivity contribution in [1.29, 1.82) is 0 Å².